The van der Waals surface area contributed by atoms with Gasteiger partial charge < -0.3 is 10.8 Å². The number of likely N-dealkylation sites (N-methyl/N-ethyl adjacent to an activating group) is 1. The van der Waals surface area contributed by atoms with E-state index in [0.29, 0.717) is 0 Å². The highest BCUT2D eigenvalue weighted by atomic mass is 32.2. The predicted octanol–water partition coefficient (Wildman–Crippen LogP) is -0.201. The van der Waals surface area contributed by atoms with Gasteiger partial charge in [0.2, 0.25) is 15.9 Å². The second kappa shape index (κ2) is 5.37. The Morgan fingerprint density at radius 3 is 2.42 bits per heavy atom. The summed E-state index contributed by atoms with van der Waals surface area (Å²) in [6.07, 6.45) is 0. The second-order valence-electron chi connectivity index (χ2n) is 3.96. The molecule has 19 heavy (non-hydrogen) atoms. The molecule has 0 atom stereocenters. The maximum atomic E-state index is 12.2. The fourth-order valence-corrected chi connectivity index (χ4v) is 2.98. The van der Waals surface area contributed by atoms with Gasteiger partial charge in [-0.1, -0.05) is 6.07 Å². The molecule has 0 unspecified atom stereocenters. The van der Waals surface area contributed by atoms with Crippen molar-refractivity contribution in [3.05, 3.63) is 29.3 Å². The van der Waals surface area contributed by atoms with Crippen molar-refractivity contribution < 1.29 is 23.1 Å². The predicted molar refractivity (Wildman–Crippen MR) is 67.1 cm³/mol. The molecule has 1 aromatic rings. The van der Waals surface area contributed by atoms with Crippen LogP contribution in [0.5, 0.6) is 0 Å². The number of carboxylic acids is 1. The Bertz CT molecular complexity index is 624. The van der Waals surface area contributed by atoms with E-state index < -0.39 is 28.4 Å². The molecule has 0 heterocycles. The molecule has 3 N–H and O–H groups in total. The minimum Gasteiger partial charge on any atom is -0.478 e. The number of carbonyl (C=O) groups is 2. The van der Waals surface area contributed by atoms with Gasteiger partial charge in [-0.3, -0.25) is 4.79 Å². The van der Waals surface area contributed by atoms with Gasteiger partial charge in [-0.2, -0.15) is 4.31 Å². The van der Waals surface area contributed by atoms with Crippen molar-refractivity contribution in [2.75, 3.05) is 13.6 Å². The average molecular weight is 286 g/mol. The molecular formula is C11H14N2O5S. The van der Waals surface area contributed by atoms with Crippen LogP contribution < -0.4 is 5.73 Å². The highest BCUT2D eigenvalue weighted by Gasteiger charge is 2.25. The lowest BCUT2D eigenvalue weighted by molar-refractivity contribution is -0.118. The van der Waals surface area contributed by atoms with Crippen LogP contribution >= 0.6 is 0 Å². The first-order chi connectivity index (χ1) is 8.67. The molecule has 7 nitrogen and oxygen atoms in total. The van der Waals surface area contributed by atoms with Crippen LogP contribution in [0.25, 0.3) is 0 Å². The van der Waals surface area contributed by atoms with Crippen LogP contribution in [0.2, 0.25) is 0 Å². The van der Waals surface area contributed by atoms with E-state index >= 15 is 0 Å². The van der Waals surface area contributed by atoms with Crippen LogP contribution in [0.4, 0.5) is 0 Å². The van der Waals surface area contributed by atoms with Crippen molar-refractivity contribution in [2.24, 2.45) is 5.73 Å². The Labute approximate surface area is 110 Å². The van der Waals surface area contributed by atoms with Gasteiger partial charge >= 0.3 is 5.97 Å². The Kier molecular flexibility index (Phi) is 4.28. The zero-order valence-electron chi connectivity index (χ0n) is 10.5. The number of sulfonamides is 1. The van der Waals surface area contributed by atoms with Gasteiger partial charge in [0, 0.05) is 7.05 Å². The van der Waals surface area contributed by atoms with Crippen LogP contribution in [-0.4, -0.2) is 43.3 Å². The first-order valence-corrected chi connectivity index (χ1v) is 6.69. The minimum atomic E-state index is -3.95. The summed E-state index contributed by atoms with van der Waals surface area (Å²) in [5.41, 5.74) is 4.96. The number of hydrogen-bond donors (Lipinski definition) is 2. The van der Waals surface area contributed by atoms with Gasteiger partial charge in [-0.05, 0) is 24.6 Å². The summed E-state index contributed by atoms with van der Waals surface area (Å²) in [5.74, 6) is -2.01. The normalized spacial score (nSPS) is 11.5. The van der Waals surface area contributed by atoms with Crippen LogP contribution in [0.3, 0.4) is 0 Å². The van der Waals surface area contributed by atoms with E-state index in [0.717, 1.165) is 4.31 Å². The SMILES string of the molecule is Cc1c(C(=O)O)cccc1S(=O)(=O)N(C)CC(N)=O. The molecule has 0 aromatic heterocycles. The highest BCUT2D eigenvalue weighted by molar-refractivity contribution is 7.89. The number of aromatic carboxylic acids is 1. The Morgan fingerprint density at radius 2 is 1.95 bits per heavy atom. The van der Waals surface area contributed by atoms with E-state index in [-0.39, 0.29) is 16.0 Å². The van der Waals surface area contributed by atoms with Crippen molar-refractivity contribution >= 4 is 21.9 Å². The summed E-state index contributed by atoms with van der Waals surface area (Å²) in [5, 5.41) is 8.96. The van der Waals surface area contributed by atoms with E-state index in [1.54, 1.807) is 0 Å². The van der Waals surface area contributed by atoms with Crippen molar-refractivity contribution in [1.82, 2.24) is 4.31 Å². The molecule has 0 fully saturated rings. The van der Waals surface area contributed by atoms with Crippen molar-refractivity contribution in [3.63, 3.8) is 0 Å². The van der Waals surface area contributed by atoms with Gasteiger partial charge in [0.25, 0.3) is 0 Å². The highest BCUT2D eigenvalue weighted by Crippen LogP contribution is 2.21. The number of primary amides is 1. The molecule has 0 aliphatic rings. The summed E-state index contributed by atoms with van der Waals surface area (Å²) in [4.78, 5) is 21.6. The summed E-state index contributed by atoms with van der Waals surface area (Å²) < 4.78 is 25.2. The first-order valence-electron chi connectivity index (χ1n) is 5.25. The Morgan fingerprint density at radius 1 is 1.37 bits per heavy atom. The van der Waals surface area contributed by atoms with E-state index in [2.05, 4.69) is 0 Å². The molecule has 1 rings (SSSR count). The van der Waals surface area contributed by atoms with E-state index in [1.165, 1.54) is 32.2 Å². The quantitative estimate of drug-likeness (QED) is 0.777. The second-order valence-corrected chi connectivity index (χ2v) is 5.97. The number of nitrogens with two attached hydrogens (primary N) is 1. The van der Waals surface area contributed by atoms with Crippen LogP contribution in [0.15, 0.2) is 23.1 Å². The molecule has 0 aliphatic heterocycles. The third-order valence-corrected chi connectivity index (χ3v) is 4.53. The monoisotopic (exact) mass is 286 g/mol. The lowest BCUT2D eigenvalue weighted by Crippen LogP contribution is -2.35. The lowest BCUT2D eigenvalue weighted by atomic mass is 10.1. The van der Waals surface area contributed by atoms with Crippen molar-refractivity contribution in [3.8, 4) is 0 Å². The Balaban J connectivity index is 3.34. The van der Waals surface area contributed by atoms with Gasteiger partial charge in [0.1, 0.15) is 0 Å². The lowest BCUT2D eigenvalue weighted by Gasteiger charge is -2.17. The zero-order chi connectivity index (χ0) is 14.8. The van der Waals surface area contributed by atoms with E-state index in [1.807, 2.05) is 0 Å². The van der Waals surface area contributed by atoms with E-state index in [9.17, 15) is 18.0 Å². The smallest absolute Gasteiger partial charge is 0.335 e. The molecule has 0 aliphatic carbocycles. The number of hydrogen-bond acceptors (Lipinski definition) is 4. The molecule has 1 aromatic carbocycles. The first kappa shape index (κ1) is 15.1. The van der Waals surface area contributed by atoms with Gasteiger partial charge in [0.05, 0.1) is 17.0 Å². The molecule has 0 spiro atoms. The van der Waals surface area contributed by atoms with E-state index in [4.69, 9.17) is 10.8 Å². The molecule has 104 valence electrons. The molecule has 0 saturated carbocycles. The summed E-state index contributed by atoms with van der Waals surface area (Å²) in [6, 6.07) is 3.93. The fraction of sp³-hybridized carbons (Fsp3) is 0.273. The summed E-state index contributed by atoms with van der Waals surface area (Å²) in [7, 11) is -2.75. The number of benzene rings is 1. The number of rotatable bonds is 5. The van der Waals surface area contributed by atoms with Crippen LogP contribution in [0.1, 0.15) is 15.9 Å². The zero-order valence-corrected chi connectivity index (χ0v) is 11.3. The molecule has 1 amide bonds. The largest absolute Gasteiger partial charge is 0.478 e. The third-order valence-electron chi connectivity index (χ3n) is 2.58. The topological polar surface area (TPSA) is 118 Å². The average Bonchev–Trinajstić information content (AvgIpc) is 2.27. The fourth-order valence-electron chi connectivity index (χ4n) is 1.60. The Hall–Kier alpha value is -1.93. The summed E-state index contributed by atoms with van der Waals surface area (Å²) in [6.45, 7) is 0.924. The minimum absolute atomic E-state index is 0.103. The number of carbonyl (C=O) groups excluding carboxylic acids is 1. The van der Waals surface area contributed by atoms with Crippen LogP contribution in [-0.2, 0) is 14.8 Å². The maximum Gasteiger partial charge on any atom is 0.335 e. The van der Waals surface area contributed by atoms with Gasteiger partial charge in [0.15, 0.2) is 0 Å². The van der Waals surface area contributed by atoms with Crippen molar-refractivity contribution in [2.45, 2.75) is 11.8 Å². The summed E-state index contributed by atoms with van der Waals surface area (Å²) >= 11 is 0. The maximum absolute atomic E-state index is 12.2. The van der Waals surface area contributed by atoms with Crippen LogP contribution in [0, 0.1) is 6.92 Å². The van der Waals surface area contributed by atoms with Crippen molar-refractivity contribution in [1.29, 1.82) is 0 Å². The number of nitrogens with zero attached hydrogens (tertiary/aromatic N) is 1. The molecular weight excluding hydrogens is 272 g/mol. The third kappa shape index (κ3) is 3.09. The van der Waals surface area contributed by atoms with Gasteiger partial charge in [-0.25, -0.2) is 13.2 Å². The standard InChI is InChI=1S/C11H14N2O5S/c1-7-8(11(15)16)4-3-5-9(7)19(17,18)13(2)6-10(12)14/h3-5H,6H2,1-2H3,(H2,12,14)(H,15,16). The molecule has 8 heteroatoms. The molecule has 0 bridgehead atoms. The molecule has 0 radical (unpaired) electrons. The number of carboxylic acid groups (broad SMARTS) is 1. The number of amides is 1. The molecule has 0 saturated heterocycles. The van der Waals surface area contributed by atoms with Gasteiger partial charge in [-0.15, -0.1) is 0 Å².